The van der Waals surface area contributed by atoms with Crippen molar-refractivity contribution in [3.05, 3.63) is 34.9 Å². The molecule has 6 rings (SSSR count). The molecule has 0 aromatic carbocycles. The second-order valence-corrected chi connectivity index (χ2v) is 11.0. The van der Waals surface area contributed by atoms with Crippen molar-refractivity contribution in [1.82, 2.24) is 0 Å². The van der Waals surface area contributed by atoms with E-state index >= 15 is 0 Å². The van der Waals surface area contributed by atoms with Gasteiger partial charge in [0.2, 0.25) is 0 Å². The highest BCUT2D eigenvalue weighted by Crippen LogP contribution is 2.67. The third kappa shape index (κ3) is 2.28. The van der Waals surface area contributed by atoms with Crippen LogP contribution in [0.1, 0.15) is 90.4 Å². The number of aliphatic hydroxyl groups is 1. The van der Waals surface area contributed by atoms with Gasteiger partial charge in [-0.15, -0.1) is 0 Å². The third-order valence-corrected chi connectivity index (χ3v) is 9.62. The summed E-state index contributed by atoms with van der Waals surface area (Å²) >= 11 is 0. The van der Waals surface area contributed by atoms with Gasteiger partial charge in [0.25, 0.3) is 0 Å². The fourth-order valence-electron chi connectivity index (χ4n) is 8.17. The quantitative estimate of drug-likeness (QED) is 0.446. The summed E-state index contributed by atoms with van der Waals surface area (Å²) in [5.74, 6) is 1.43. The van der Waals surface area contributed by atoms with Crippen molar-refractivity contribution >= 4 is 0 Å². The fourth-order valence-corrected chi connectivity index (χ4v) is 8.17. The molecule has 0 radical (unpaired) electrons. The molecule has 2 spiro atoms. The van der Waals surface area contributed by atoms with Crippen LogP contribution in [-0.4, -0.2) is 22.4 Å². The molecule has 2 heterocycles. The Labute approximate surface area is 170 Å². The maximum absolute atomic E-state index is 10.2. The Balaban J connectivity index is 1.37. The van der Waals surface area contributed by atoms with Crippen molar-refractivity contribution in [1.29, 1.82) is 0 Å². The minimum absolute atomic E-state index is 0.0538. The van der Waals surface area contributed by atoms with Crippen LogP contribution in [0.4, 0.5) is 0 Å². The van der Waals surface area contributed by atoms with E-state index in [9.17, 15) is 5.11 Å². The topological polar surface area (TPSA) is 29.5 Å². The Kier molecular flexibility index (Phi) is 3.90. The van der Waals surface area contributed by atoms with Crippen molar-refractivity contribution in [3.8, 4) is 0 Å². The molecular weight excluding hydrogens is 344 g/mol. The Morgan fingerprint density at radius 3 is 2.64 bits per heavy atom. The van der Waals surface area contributed by atoms with Crippen molar-refractivity contribution in [3.63, 3.8) is 0 Å². The molecule has 0 amide bonds. The highest BCUT2D eigenvalue weighted by atomic mass is 16.5. The van der Waals surface area contributed by atoms with Gasteiger partial charge < -0.3 is 9.84 Å². The van der Waals surface area contributed by atoms with Crippen LogP contribution in [0.25, 0.3) is 0 Å². The average Bonchev–Trinajstić information content (AvgIpc) is 3.05. The molecule has 1 saturated heterocycles. The molecule has 2 saturated carbocycles. The minimum Gasteiger partial charge on any atom is -0.393 e. The van der Waals surface area contributed by atoms with Crippen LogP contribution in [-0.2, 0) is 4.74 Å². The Morgan fingerprint density at radius 2 is 1.82 bits per heavy atom. The first-order valence-corrected chi connectivity index (χ1v) is 12.1. The molecule has 5 atom stereocenters. The molecule has 152 valence electrons. The zero-order valence-electron chi connectivity index (χ0n) is 17.5. The van der Waals surface area contributed by atoms with E-state index in [2.05, 4.69) is 25.2 Å². The molecule has 3 fully saturated rings. The van der Waals surface area contributed by atoms with Crippen LogP contribution in [0.2, 0.25) is 0 Å². The number of fused-ring (bicyclic) bond motifs is 1. The van der Waals surface area contributed by atoms with E-state index in [4.69, 9.17) is 4.74 Å². The standard InChI is InChI=1S/C26H36O2/c1-24-12-10-19-16-20-17-21(27)11-13-25(20)14-15-26(19,28-25)23(24)9-8-22(24)18-6-4-2-3-5-7-18/h8,10,16,18,21,23,27H,2-7,9,11-15,17H2,1H3/t21-,23-,24-,25+,26-/m1/s1. The highest BCUT2D eigenvalue weighted by molar-refractivity contribution is 5.49. The van der Waals surface area contributed by atoms with Crippen LogP contribution >= 0.6 is 0 Å². The largest absolute Gasteiger partial charge is 0.393 e. The summed E-state index contributed by atoms with van der Waals surface area (Å²) in [6, 6.07) is 0. The predicted octanol–water partition coefficient (Wildman–Crippen LogP) is 6.01. The van der Waals surface area contributed by atoms with Gasteiger partial charge in [-0.2, -0.15) is 0 Å². The normalized spacial score (nSPS) is 48.0. The first kappa shape index (κ1) is 18.0. The lowest BCUT2D eigenvalue weighted by Gasteiger charge is -2.54. The molecule has 2 heteroatoms. The molecule has 2 bridgehead atoms. The molecule has 6 aliphatic rings. The molecule has 0 aromatic rings. The molecule has 0 aromatic heterocycles. The number of hydrogen-bond acceptors (Lipinski definition) is 2. The molecule has 28 heavy (non-hydrogen) atoms. The van der Waals surface area contributed by atoms with Gasteiger partial charge in [0.05, 0.1) is 17.3 Å². The maximum atomic E-state index is 10.2. The molecule has 2 aliphatic heterocycles. The SMILES string of the molecule is C[C@]12CC=C3C=C4C[C@H](O)CC[C@]45CC[C@]3(O5)[C@@H]1CC=C2C1CCCCCC1. The number of rotatable bonds is 1. The summed E-state index contributed by atoms with van der Waals surface area (Å²) in [6.45, 7) is 2.57. The molecule has 0 unspecified atom stereocenters. The van der Waals surface area contributed by atoms with Crippen LogP contribution in [0.3, 0.4) is 0 Å². The van der Waals surface area contributed by atoms with Crippen molar-refractivity contribution in [2.75, 3.05) is 0 Å². The van der Waals surface area contributed by atoms with E-state index < -0.39 is 0 Å². The van der Waals surface area contributed by atoms with Crippen LogP contribution in [0.15, 0.2) is 34.9 Å². The van der Waals surface area contributed by atoms with Crippen molar-refractivity contribution in [2.24, 2.45) is 17.3 Å². The molecular formula is C26H36O2. The van der Waals surface area contributed by atoms with E-state index in [-0.39, 0.29) is 17.3 Å². The lowest BCUT2D eigenvalue weighted by Crippen LogP contribution is -2.54. The Hall–Kier alpha value is -0.860. The van der Waals surface area contributed by atoms with Gasteiger partial charge in [0.15, 0.2) is 0 Å². The van der Waals surface area contributed by atoms with Crippen molar-refractivity contribution < 1.29 is 9.84 Å². The average molecular weight is 381 g/mol. The van der Waals surface area contributed by atoms with Gasteiger partial charge in [0.1, 0.15) is 0 Å². The summed E-state index contributed by atoms with van der Waals surface area (Å²) in [7, 11) is 0. The lowest BCUT2D eigenvalue weighted by molar-refractivity contribution is -0.136. The molecule has 4 aliphatic carbocycles. The summed E-state index contributed by atoms with van der Waals surface area (Å²) in [6.07, 6.45) is 23.5. The van der Waals surface area contributed by atoms with Gasteiger partial charge in [0, 0.05) is 5.92 Å². The number of allylic oxidation sites excluding steroid dienone is 3. The van der Waals surface area contributed by atoms with Gasteiger partial charge in [-0.25, -0.2) is 0 Å². The Morgan fingerprint density at radius 1 is 1.00 bits per heavy atom. The van der Waals surface area contributed by atoms with Gasteiger partial charge in [-0.3, -0.25) is 0 Å². The number of aliphatic hydroxyl groups excluding tert-OH is 1. The first-order chi connectivity index (χ1) is 13.6. The molecule has 1 N–H and O–H groups in total. The third-order valence-electron chi connectivity index (χ3n) is 9.62. The Bertz CT molecular complexity index is 767. The van der Waals surface area contributed by atoms with E-state index in [0.717, 1.165) is 31.6 Å². The number of ether oxygens (including phenoxy) is 1. The van der Waals surface area contributed by atoms with Crippen LogP contribution in [0, 0.1) is 17.3 Å². The molecule has 2 nitrogen and oxygen atoms in total. The predicted molar refractivity (Wildman–Crippen MR) is 112 cm³/mol. The summed E-state index contributed by atoms with van der Waals surface area (Å²) in [5, 5.41) is 10.2. The first-order valence-electron chi connectivity index (χ1n) is 12.1. The second-order valence-electron chi connectivity index (χ2n) is 11.0. The summed E-state index contributed by atoms with van der Waals surface area (Å²) < 4.78 is 7.19. The lowest BCUT2D eigenvalue weighted by atomic mass is 9.57. The van der Waals surface area contributed by atoms with Crippen LogP contribution in [0.5, 0.6) is 0 Å². The van der Waals surface area contributed by atoms with E-state index in [1.165, 1.54) is 68.9 Å². The van der Waals surface area contributed by atoms with Gasteiger partial charge >= 0.3 is 0 Å². The zero-order chi connectivity index (χ0) is 19.0. The van der Waals surface area contributed by atoms with Crippen LogP contribution < -0.4 is 0 Å². The zero-order valence-corrected chi connectivity index (χ0v) is 17.5. The number of hydrogen-bond donors (Lipinski definition) is 1. The highest BCUT2D eigenvalue weighted by Gasteiger charge is 2.65. The minimum atomic E-state index is -0.169. The van der Waals surface area contributed by atoms with E-state index in [1.54, 1.807) is 5.57 Å². The van der Waals surface area contributed by atoms with Gasteiger partial charge in [-0.05, 0) is 80.3 Å². The second kappa shape index (κ2) is 6.08. The monoisotopic (exact) mass is 380 g/mol. The smallest absolute Gasteiger partial charge is 0.0980 e. The maximum Gasteiger partial charge on any atom is 0.0980 e. The summed E-state index contributed by atoms with van der Waals surface area (Å²) in [4.78, 5) is 0. The van der Waals surface area contributed by atoms with Crippen molar-refractivity contribution in [2.45, 2.75) is 108 Å². The van der Waals surface area contributed by atoms with E-state index in [0.29, 0.717) is 11.3 Å². The fraction of sp³-hybridized carbons (Fsp3) is 0.769. The summed E-state index contributed by atoms with van der Waals surface area (Å²) in [5.41, 5.74) is 4.83. The van der Waals surface area contributed by atoms with E-state index in [1.807, 2.05) is 0 Å². The van der Waals surface area contributed by atoms with Gasteiger partial charge in [-0.1, -0.05) is 56.4 Å².